The molecule has 2 aliphatic heterocycles. The summed E-state index contributed by atoms with van der Waals surface area (Å²) in [6.45, 7) is 4.03. The average Bonchev–Trinajstić information content (AvgIpc) is 3.31. The van der Waals surface area contributed by atoms with Crippen LogP contribution in [-0.2, 0) is 4.79 Å². The van der Waals surface area contributed by atoms with Crippen LogP contribution in [0.25, 0.3) is 10.9 Å². The summed E-state index contributed by atoms with van der Waals surface area (Å²) in [7, 11) is 1.00. The Kier molecular flexibility index (Phi) is 7.12. The minimum absolute atomic E-state index is 0.132. The molecule has 0 radical (unpaired) electrons. The van der Waals surface area contributed by atoms with E-state index in [0.717, 1.165) is 69.0 Å². The second-order valence-corrected chi connectivity index (χ2v) is 8.44. The van der Waals surface area contributed by atoms with Gasteiger partial charge in [-0.05, 0) is 50.0 Å². The van der Waals surface area contributed by atoms with Gasteiger partial charge < -0.3 is 20.0 Å². The molecule has 2 fully saturated rings. The first-order chi connectivity index (χ1) is 15.7. The quantitative estimate of drug-likeness (QED) is 0.634. The molecule has 0 amide bonds. The molecular formula is C24H32FN5O2. The van der Waals surface area contributed by atoms with Crippen LogP contribution in [0.3, 0.4) is 0 Å². The van der Waals surface area contributed by atoms with E-state index < -0.39 is 0 Å². The Balaban J connectivity index is 0.00000119. The summed E-state index contributed by atoms with van der Waals surface area (Å²) < 4.78 is 16.3. The molecule has 1 saturated carbocycles. The van der Waals surface area contributed by atoms with Gasteiger partial charge in [0.15, 0.2) is 6.29 Å². The van der Waals surface area contributed by atoms with Crippen LogP contribution in [-0.4, -0.2) is 65.1 Å². The Hall–Kier alpha value is -2.84. The van der Waals surface area contributed by atoms with Crippen LogP contribution in [0.4, 0.5) is 4.39 Å². The molecule has 3 N–H and O–H groups in total. The number of hydrogen-bond donors (Lipinski definition) is 3. The first-order valence-electron chi connectivity index (χ1n) is 11.3. The summed E-state index contributed by atoms with van der Waals surface area (Å²) in [6, 6.07) is 8.36. The SMILES string of the molecule is CO.O=CC1=CC(N2CCN(C3CCC(n4ccc5c(F)cccc54)CC3)CC2)=CNN1. The molecule has 5 rings (SSSR count). The molecule has 7 nitrogen and oxygen atoms in total. The number of piperazine rings is 1. The number of halogens is 1. The Morgan fingerprint density at radius 2 is 1.75 bits per heavy atom. The van der Waals surface area contributed by atoms with E-state index in [2.05, 4.69) is 31.4 Å². The van der Waals surface area contributed by atoms with E-state index >= 15 is 0 Å². The number of fused-ring (bicyclic) bond motifs is 1. The van der Waals surface area contributed by atoms with Crippen molar-refractivity contribution < 1.29 is 14.3 Å². The number of hydrazine groups is 1. The van der Waals surface area contributed by atoms with Gasteiger partial charge in [0, 0.05) is 63.2 Å². The van der Waals surface area contributed by atoms with Crippen molar-refractivity contribution in [2.24, 2.45) is 0 Å². The van der Waals surface area contributed by atoms with Crippen LogP contribution in [0.5, 0.6) is 0 Å². The lowest BCUT2D eigenvalue weighted by Gasteiger charge is -2.43. The molecule has 0 unspecified atom stereocenters. The molecule has 1 aromatic carbocycles. The van der Waals surface area contributed by atoms with Gasteiger partial charge in [-0.1, -0.05) is 6.07 Å². The fraction of sp³-hybridized carbons (Fsp3) is 0.458. The molecule has 0 bridgehead atoms. The Morgan fingerprint density at radius 3 is 2.47 bits per heavy atom. The number of aliphatic hydroxyl groups excluding tert-OH is 1. The van der Waals surface area contributed by atoms with E-state index in [-0.39, 0.29) is 5.82 Å². The zero-order chi connectivity index (χ0) is 22.5. The number of aliphatic hydroxyl groups is 1. The predicted octanol–water partition coefficient (Wildman–Crippen LogP) is 2.52. The van der Waals surface area contributed by atoms with Crippen LogP contribution in [0, 0.1) is 5.82 Å². The number of carbonyl (C=O) groups is 1. The van der Waals surface area contributed by atoms with E-state index in [4.69, 9.17) is 5.11 Å². The lowest BCUT2D eigenvalue weighted by Crippen LogP contribution is -2.51. The maximum absolute atomic E-state index is 14.0. The fourth-order valence-electron chi connectivity index (χ4n) is 5.19. The summed E-state index contributed by atoms with van der Waals surface area (Å²) in [5.41, 5.74) is 8.42. The molecule has 3 aliphatic rings. The monoisotopic (exact) mass is 441 g/mol. The highest BCUT2D eigenvalue weighted by Gasteiger charge is 2.29. The zero-order valence-electron chi connectivity index (χ0n) is 18.5. The lowest BCUT2D eigenvalue weighted by molar-refractivity contribution is -0.105. The fourth-order valence-corrected chi connectivity index (χ4v) is 5.19. The number of hydrogen-bond acceptors (Lipinski definition) is 6. The topological polar surface area (TPSA) is 72.8 Å². The highest BCUT2D eigenvalue weighted by molar-refractivity contribution is 5.80. The van der Waals surface area contributed by atoms with Gasteiger partial charge in [-0.2, -0.15) is 0 Å². The molecule has 1 saturated heterocycles. The molecule has 2 aromatic rings. The lowest BCUT2D eigenvalue weighted by atomic mass is 9.89. The van der Waals surface area contributed by atoms with Crippen LogP contribution >= 0.6 is 0 Å². The number of benzene rings is 1. The second kappa shape index (κ2) is 10.2. The highest BCUT2D eigenvalue weighted by atomic mass is 19.1. The third-order valence-corrected chi connectivity index (χ3v) is 6.83. The summed E-state index contributed by atoms with van der Waals surface area (Å²) in [6.07, 6.45) is 11.3. The summed E-state index contributed by atoms with van der Waals surface area (Å²) in [5.74, 6) is -0.132. The van der Waals surface area contributed by atoms with Gasteiger partial charge in [0.25, 0.3) is 0 Å². The third kappa shape index (κ3) is 4.52. The highest BCUT2D eigenvalue weighted by Crippen LogP contribution is 2.34. The standard InChI is InChI=1S/C23H28FN5O.CH4O/c24-22-2-1-3-23-21(22)8-9-29(23)19-6-4-18(5-7-19)27-10-12-28(13-11-27)20-14-17(16-30)26-25-15-20;1-2/h1-3,8-9,14-16,18-19,25-26H,4-7,10-13H2;2H,1H3. The third-order valence-electron chi connectivity index (χ3n) is 6.83. The van der Waals surface area contributed by atoms with Gasteiger partial charge in [0.2, 0.25) is 0 Å². The molecular weight excluding hydrogens is 409 g/mol. The van der Waals surface area contributed by atoms with Gasteiger partial charge in [-0.3, -0.25) is 15.1 Å². The molecule has 8 heteroatoms. The number of aromatic nitrogens is 1. The van der Waals surface area contributed by atoms with E-state index in [1.807, 2.05) is 24.4 Å². The molecule has 172 valence electrons. The number of carbonyl (C=O) groups excluding carboxylic acids is 1. The number of nitrogens with one attached hydrogen (secondary N) is 2. The van der Waals surface area contributed by atoms with Gasteiger partial charge >= 0.3 is 0 Å². The summed E-state index contributed by atoms with van der Waals surface area (Å²) >= 11 is 0. The van der Waals surface area contributed by atoms with E-state index in [9.17, 15) is 9.18 Å². The van der Waals surface area contributed by atoms with Crippen molar-refractivity contribution in [2.75, 3.05) is 33.3 Å². The van der Waals surface area contributed by atoms with E-state index in [0.29, 0.717) is 17.8 Å². The number of aldehydes is 1. The predicted molar refractivity (Wildman–Crippen MR) is 123 cm³/mol. The van der Waals surface area contributed by atoms with Crippen LogP contribution in [0.2, 0.25) is 0 Å². The maximum atomic E-state index is 14.0. The molecule has 1 aromatic heterocycles. The van der Waals surface area contributed by atoms with Crippen LogP contribution in [0.15, 0.2) is 54.1 Å². The molecule has 1 aliphatic carbocycles. The molecule has 0 atom stereocenters. The number of rotatable bonds is 4. The maximum Gasteiger partial charge on any atom is 0.167 e. The first kappa shape index (κ1) is 22.4. The molecule has 0 spiro atoms. The number of nitrogens with zero attached hydrogens (tertiary/aromatic N) is 3. The van der Waals surface area contributed by atoms with E-state index in [1.54, 1.807) is 6.07 Å². The minimum atomic E-state index is -0.132. The average molecular weight is 442 g/mol. The van der Waals surface area contributed by atoms with Crippen molar-refractivity contribution in [1.29, 1.82) is 0 Å². The largest absolute Gasteiger partial charge is 0.400 e. The Labute approximate surface area is 188 Å². The summed E-state index contributed by atoms with van der Waals surface area (Å²) in [5, 5.41) is 7.73. The van der Waals surface area contributed by atoms with Gasteiger partial charge in [-0.25, -0.2) is 4.39 Å². The molecule has 3 heterocycles. The van der Waals surface area contributed by atoms with Crippen molar-refractivity contribution in [3.63, 3.8) is 0 Å². The van der Waals surface area contributed by atoms with Gasteiger partial charge in [0.05, 0.1) is 16.9 Å². The van der Waals surface area contributed by atoms with Crippen LogP contribution in [0.1, 0.15) is 31.7 Å². The first-order valence-corrected chi connectivity index (χ1v) is 11.3. The normalized spacial score (nSPS) is 23.9. The Morgan fingerprint density at radius 1 is 1.03 bits per heavy atom. The minimum Gasteiger partial charge on any atom is -0.400 e. The van der Waals surface area contributed by atoms with Crippen molar-refractivity contribution in [2.45, 2.75) is 37.8 Å². The smallest absolute Gasteiger partial charge is 0.167 e. The van der Waals surface area contributed by atoms with E-state index in [1.165, 1.54) is 18.9 Å². The second-order valence-electron chi connectivity index (χ2n) is 8.44. The zero-order valence-corrected chi connectivity index (χ0v) is 18.5. The molecule has 32 heavy (non-hydrogen) atoms. The summed E-state index contributed by atoms with van der Waals surface area (Å²) in [4.78, 5) is 16.0. The van der Waals surface area contributed by atoms with Crippen molar-refractivity contribution >= 4 is 17.2 Å². The van der Waals surface area contributed by atoms with Gasteiger partial charge in [-0.15, -0.1) is 0 Å². The van der Waals surface area contributed by atoms with Crippen molar-refractivity contribution in [3.05, 3.63) is 59.9 Å². The van der Waals surface area contributed by atoms with Crippen molar-refractivity contribution in [3.8, 4) is 0 Å². The number of allylic oxidation sites excluding steroid dienone is 2. The van der Waals surface area contributed by atoms with Gasteiger partial charge in [0.1, 0.15) is 5.82 Å². The Bertz CT molecular complexity index is 985. The van der Waals surface area contributed by atoms with Crippen LogP contribution < -0.4 is 10.9 Å². The van der Waals surface area contributed by atoms with Crippen molar-refractivity contribution in [1.82, 2.24) is 25.2 Å².